The van der Waals surface area contributed by atoms with Gasteiger partial charge in [-0.25, -0.2) is 0 Å². The molecule has 0 amide bonds. The minimum atomic E-state index is -0.0286. The van der Waals surface area contributed by atoms with Gasteiger partial charge in [0, 0.05) is 37.5 Å². The van der Waals surface area contributed by atoms with E-state index in [9.17, 15) is 4.79 Å². The summed E-state index contributed by atoms with van der Waals surface area (Å²) in [7, 11) is 1.62. The maximum Gasteiger partial charge on any atom is 0.250 e. The van der Waals surface area contributed by atoms with Crippen LogP contribution >= 0.6 is 11.6 Å². The van der Waals surface area contributed by atoms with Crippen molar-refractivity contribution in [3.8, 4) is 0 Å². The van der Waals surface area contributed by atoms with Gasteiger partial charge in [0.05, 0.1) is 12.3 Å². The van der Waals surface area contributed by atoms with Crippen molar-refractivity contribution in [3.63, 3.8) is 0 Å². The Bertz CT molecular complexity index is 608. The molecule has 1 aromatic carbocycles. The summed E-state index contributed by atoms with van der Waals surface area (Å²) in [5.74, 6) is 0. The van der Waals surface area contributed by atoms with Crippen LogP contribution < -0.4 is 10.9 Å². The second-order valence-corrected chi connectivity index (χ2v) is 4.86. The van der Waals surface area contributed by atoms with E-state index in [4.69, 9.17) is 16.3 Å². The highest BCUT2D eigenvalue weighted by atomic mass is 35.5. The lowest BCUT2D eigenvalue weighted by atomic mass is 10.2. The molecule has 0 radical (unpaired) electrons. The van der Waals surface area contributed by atoms with Gasteiger partial charge in [-0.3, -0.25) is 4.79 Å². The molecule has 1 N–H and O–H groups in total. The van der Waals surface area contributed by atoms with Gasteiger partial charge in [0.1, 0.15) is 0 Å². The van der Waals surface area contributed by atoms with E-state index in [-0.39, 0.29) is 5.56 Å². The molecule has 2 aromatic rings. The minimum absolute atomic E-state index is 0.0286. The van der Waals surface area contributed by atoms with Crippen LogP contribution in [0.1, 0.15) is 5.56 Å². The zero-order chi connectivity index (χ0) is 14.4. The number of nitrogens with zero attached hydrogens (tertiary/aromatic N) is 1. The third-order valence-corrected chi connectivity index (χ3v) is 3.18. The molecule has 0 unspecified atom stereocenters. The fraction of sp³-hybridized carbons (Fsp3) is 0.267. The average Bonchev–Trinajstić information content (AvgIpc) is 2.46. The summed E-state index contributed by atoms with van der Waals surface area (Å²) in [6.07, 6.45) is 1.80. The number of rotatable bonds is 6. The maximum absolute atomic E-state index is 11.7. The summed E-state index contributed by atoms with van der Waals surface area (Å²) in [6.45, 7) is 1.74. The Morgan fingerprint density at radius 3 is 2.65 bits per heavy atom. The molecule has 20 heavy (non-hydrogen) atoms. The van der Waals surface area contributed by atoms with E-state index in [2.05, 4.69) is 5.32 Å². The summed E-state index contributed by atoms with van der Waals surface area (Å²) >= 11 is 5.85. The maximum atomic E-state index is 11.7. The Labute approximate surface area is 123 Å². The first-order valence-electron chi connectivity index (χ1n) is 6.37. The third kappa shape index (κ3) is 4.11. The van der Waals surface area contributed by atoms with E-state index in [1.165, 1.54) is 0 Å². The van der Waals surface area contributed by atoms with E-state index in [0.29, 0.717) is 19.7 Å². The van der Waals surface area contributed by atoms with Gasteiger partial charge in [-0.1, -0.05) is 23.7 Å². The number of benzene rings is 1. The third-order valence-electron chi connectivity index (χ3n) is 2.93. The van der Waals surface area contributed by atoms with E-state index in [0.717, 1.165) is 16.3 Å². The predicted octanol–water partition coefficient (Wildman–Crippen LogP) is 2.76. The molecule has 0 aliphatic heterocycles. The van der Waals surface area contributed by atoms with Gasteiger partial charge >= 0.3 is 0 Å². The van der Waals surface area contributed by atoms with Gasteiger partial charge < -0.3 is 14.6 Å². The molecule has 0 aliphatic rings. The van der Waals surface area contributed by atoms with Crippen molar-refractivity contribution in [1.29, 1.82) is 0 Å². The number of ether oxygens (including phenoxy) is 1. The Hall–Kier alpha value is -1.78. The molecule has 0 fully saturated rings. The lowest BCUT2D eigenvalue weighted by Gasteiger charge is -2.10. The molecule has 1 heterocycles. The van der Waals surface area contributed by atoms with Crippen molar-refractivity contribution in [3.05, 3.63) is 63.5 Å². The number of hydrogen-bond donors (Lipinski definition) is 1. The van der Waals surface area contributed by atoms with Gasteiger partial charge in [-0.2, -0.15) is 0 Å². The average molecular weight is 293 g/mol. The molecule has 0 spiro atoms. The van der Waals surface area contributed by atoms with Gasteiger partial charge in [0.25, 0.3) is 5.56 Å². The normalized spacial score (nSPS) is 10.5. The number of nitrogens with one attached hydrogen (secondary N) is 1. The van der Waals surface area contributed by atoms with Crippen molar-refractivity contribution in [2.24, 2.45) is 0 Å². The standard InChI is InChI=1S/C15H17ClN2O2/c1-20-9-8-18-11-14(6-7-15(18)19)17-10-12-2-4-13(16)5-3-12/h2-7,11,17H,8-10H2,1H3. The van der Waals surface area contributed by atoms with Gasteiger partial charge in [-0.05, 0) is 23.8 Å². The molecular weight excluding hydrogens is 276 g/mol. The zero-order valence-electron chi connectivity index (χ0n) is 11.3. The van der Waals surface area contributed by atoms with Crippen LogP contribution in [0.5, 0.6) is 0 Å². The molecule has 4 nitrogen and oxygen atoms in total. The van der Waals surface area contributed by atoms with E-state index in [1.807, 2.05) is 24.3 Å². The largest absolute Gasteiger partial charge is 0.383 e. The fourth-order valence-corrected chi connectivity index (χ4v) is 1.93. The number of halogens is 1. The molecule has 0 aliphatic carbocycles. The number of hydrogen-bond acceptors (Lipinski definition) is 3. The molecule has 2 rings (SSSR count). The summed E-state index contributed by atoms with van der Waals surface area (Å²) in [6, 6.07) is 11.0. The van der Waals surface area contributed by atoms with Crippen LogP contribution in [0.4, 0.5) is 5.69 Å². The van der Waals surface area contributed by atoms with Gasteiger partial charge in [-0.15, -0.1) is 0 Å². The zero-order valence-corrected chi connectivity index (χ0v) is 12.1. The van der Waals surface area contributed by atoms with Crippen LogP contribution in [0.25, 0.3) is 0 Å². The van der Waals surface area contributed by atoms with E-state index in [1.54, 1.807) is 30.0 Å². The quantitative estimate of drug-likeness (QED) is 0.890. The molecule has 0 saturated heterocycles. The Kier molecular flexibility index (Phi) is 5.21. The van der Waals surface area contributed by atoms with Crippen LogP contribution in [0, 0.1) is 0 Å². The first-order chi connectivity index (χ1) is 9.69. The predicted molar refractivity (Wildman–Crippen MR) is 81.4 cm³/mol. The molecule has 106 valence electrons. The summed E-state index contributed by atoms with van der Waals surface area (Å²) in [5.41, 5.74) is 2.00. The SMILES string of the molecule is COCCn1cc(NCc2ccc(Cl)cc2)ccc1=O. The number of aromatic nitrogens is 1. The first-order valence-corrected chi connectivity index (χ1v) is 6.74. The molecular formula is C15H17ClN2O2. The molecule has 0 bridgehead atoms. The van der Waals surface area contributed by atoms with Crippen molar-refractivity contribution in [2.75, 3.05) is 19.0 Å². The monoisotopic (exact) mass is 292 g/mol. The summed E-state index contributed by atoms with van der Waals surface area (Å²) in [4.78, 5) is 11.7. The number of methoxy groups -OCH3 is 1. The van der Waals surface area contributed by atoms with Crippen molar-refractivity contribution < 1.29 is 4.74 Å². The second-order valence-electron chi connectivity index (χ2n) is 4.42. The van der Waals surface area contributed by atoms with E-state index < -0.39 is 0 Å². The highest BCUT2D eigenvalue weighted by molar-refractivity contribution is 6.30. The van der Waals surface area contributed by atoms with E-state index >= 15 is 0 Å². The lowest BCUT2D eigenvalue weighted by molar-refractivity contribution is 0.186. The van der Waals surface area contributed by atoms with Crippen molar-refractivity contribution in [2.45, 2.75) is 13.1 Å². The fourth-order valence-electron chi connectivity index (χ4n) is 1.81. The van der Waals surface area contributed by atoms with Crippen molar-refractivity contribution >= 4 is 17.3 Å². The second kappa shape index (κ2) is 7.12. The Morgan fingerprint density at radius 1 is 1.20 bits per heavy atom. The molecule has 5 heteroatoms. The Balaban J connectivity index is 2.02. The van der Waals surface area contributed by atoms with Crippen LogP contribution in [0.15, 0.2) is 47.4 Å². The number of anilines is 1. The first kappa shape index (κ1) is 14.6. The Morgan fingerprint density at radius 2 is 1.95 bits per heavy atom. The summed E-state index contributed by atoms with van der Waals surface area (Å²) in [5, 5.41) is 4.00. The minimum Gasteiger partial charge on any atom is -0.383 e. The topological polar surface area (TPSA) is 43.3 Å². The number of pyridine rings is 1. The molecule has 0 atom stereocenters. The molecule has 0 saturated carbocycles. The lowest BCUT2D eigenvalue weighted by Crippen LogP contribution is -2.21. The smallest absolute Gasteiger partial charge is 0.250 e. The van der Waals surface area contributed by atoms with Crippen LogP contribution in [-0.2, 0) is 17.8 Å². The van der Waals surface area contributed by atoms with Crippen LogP contribution in [0.2, 0.25) is 5.02 Å². The highest BCUT2D eigenvalue weighted by Crippen LogP contribution is 2.11. The molecule has 1 aromatic heterocycles. The van der Waals surface area contributed by atoms with Gasteiger partial charge in [0.15, 0.2) is 0 Å². The van der Waals surface area contributed by atoms with Gasteiger partial charge in [0.2, 0.25) is 0 Å². The van der Waals surface area contributed by atoms with Crippen LogP contribution in [-0.4, -0.2) is 18.3 Å². The van der Waals surface area contributed by atoms with Crippen molar-refractivity contribution in [1.82, 2.24) is 4.57 Å². The highest BCUT2D eigenvalue weighted by Gasteiger charge is 1.99. The summed E-state index contributed by atoms with van der Waals surface area (Å²) < 4.78 is 6.62. The van der Waals surface area contributed by atoms with Crippen LogP contribution in [0.3, 0.4) is 0 Å².